The van der Waals surface area contributed by atoms with E-state index in [4.69, 9.17) is 13.7 Å². The molecule has 0 saturated heterocycles. The van der Waals surface area contributed by atoms with Gasteiger partial charge in [-0.3, -0.25) is 23.9 Å². The highest BCUT2D eigenvalue weighted by molar-refractivity contribution is 7.86. The average Bonchev–Trinajstić information content (AvgIpc) is 2.75. The summed E-state index contributed by atoms with van der Waals surface area (Å²) in [6.45, 7) is 0. The molecule has 2 fully saturated rings. The molecule has 0 radical (unpaired) electrons. The summed E-state index contributed by atoms with van der Waals surface area (Å²) in [5.41, 5.74) is -0.229. The quantitative estimate of drug-likeness (QED) is 0.208. The molecule has 0 heterocycles. The summed E-state index contributed by atoms with van der Waals surface area (Å²) in [6, 6.07) is 4.45. The van der Waals surface area contributed by atoms with Crippen LogP contribution in [0, 0.1) is 45.6 Å². The van der Waals surface area contributed by atoms with E-state index in [0.29, 0.717) is 6.42 Å². The number of carbonyl (C=O) groups excluding carboxylic acids is 2. The van der Waals surface area contributed by atoms with E-state index in [2.05, 4.69) is 0 Å². The molecule has 1 aromatic carbocycles. The number of ether oxygens (including phenoxy) is 2. The van der Waals surface area contributed by atoms with Gasteiger partial charge in [-0.05, 0) is 42.2 Å². The van der Waals surface area contributed by atoms with Gasteiger partial charge in [0.25, 0.3) is 15.8 Å². The van der Waals surface area contributed by atoms with E-state index in [0.717, 1.165) is 24.3 Å². The molecule has 31 heavy (non-hydrogen) atoms. The minimum absolute atomic E-state index is 0.0166. The molecule has 2 bridgehead atoms. The van der Waals surface area contributed by atoms with E-state index < -0.39 is 50.8 Å². The standard InChI is InChI=1S/C20H21NO9S/c1-28-19(22)17-12-7-8-13(18(17)20(23)29-2)16-14(12)9-15(16)30-31(26,27)11-5-3-10(4-6-11)21(24)25/h3-8,12-18H,9H2,1-2H3/t12-,13-,14+,15-,16-,17+,18-/m0/s1. The van der Waals surface area contributed by atoms with Crippen molar-refractivity contribution < 1.29 is 36.6 Å². The molecule has 2 saturated carbocycles. The van der Waals surface area contributed by atoms with Crippen molar-refractivity contribution >= 4 is 27.7 Å². The second-order valence-electron chi connectivity index (χ2n) is 7.95. The van der Waals surface area contributed by atoms with Crippen LogP contribution in [0.1, 0.15) is 6.42 Å². The number of hydrogen-bond donors (Lipinski definition) is 0. The van der Waals surface area contributed by atoms with Crippen molar-refractivity contribution in [1.29, 1.82) is 0 Å². The molecule has 0 spiro atoms. The maximum Gasteiger partial charge on any atom is 0.310 e. The molecule has 0 aliphatic heterocycles. The minimum atomic E-state index is -4.16. The monoisotopic (exact) mass is 451 g/mol. The SMILES string of the molecule is COC(=O)[C@@H]1[C@H]2C=C[C@H]([C@@H]1C(=O)OC)[C@H]1[C@@H]2C[C@@H]1OS(=O)(=O)c1ccc([N+](=O)[O-])cc1. The number of rotatable bonds is 6. The first-order valence-corrected chi connectivity index (χ1v) is 11.1. The number of benzene rings is 1. The predicted molar refractivity (Wildman–Crippen MR) is 104 cm³/mol. The zero-order chi connectivity index (χ0) is 22.5. The number of hydrogen-bond acceptors (Lipinski definition) is 9. The van der Waals surface area contributed by atoms with Gasteiger partial charge in [-0.15, -0.1) is 0 Å². The minimum Gasteiger partial charge on any atom is -0.469 e. The fraction of sp³-hybridized carbons (Fsp3) is 0.500. The van der Waals surface area contributed by atoms with Crippen molar-refractivity contribution in [3.05, 3.63) is 46.5 Å². The second kappa shape index (κ2) is 7.72. The molecule has 166 valence electrons. The lowest BCUT2D eigenvalue weighted by atomic mass is 9.45. The number of nitro groups is 1. The van der Waals surface area contributed by atoms with Gasteiger partial charge in [0.05, 0.1) is 42.0 Å². The zero-order valence-electron chi connectivity index (χ0n) is 16.7. The first-order chi connectivity index (χ1) is 14.7. The van der Waals surface area contributed by atoms with E-state index in [1.807, 2.05) is 12.2 Å². The summed E-state index contributed by atoms with van der Waals surface area (Å²) in [6.07, 6.45) is 3.46. The predicted octanol–water partition coefficient (Wildman–Crippen LogP) is 1.70. The number of non-ortho nitro benzene ring substituents is 1. The number of allylic oxidation sites excluding steroid dienone is 2. The maximum absolute atomic E-state index is 12.7. The van der Waals surface area contributed by atoms with Crippen molar-refractivity contribution in [2.45, 2.75) is 17.4 Å². The largest absolute Gasteiger partial charge is 0.469 e. The summed E-state index contributed by atoms with van der Waals surface area (Å²) < 4.78 is 40.7. The van der Waals surface area contributed by atoms with Gasteiger partial charge < -0.3 is 9.47 Å². The Morgan fingerprint density at radius 3 is 2.10 bits per heavy atom. The van der Waals surface area contributed by atoms with Gasteiger partial charge in [0.1, 0.15) is 0 Å². The molecule has 0 unspecified atom stereocenters. The Kier molecular flexibility index (Phi) is 5.34. The maximum atomic E-state index is 12.7. The highest BCUT2D eigenvalue weighted by Crippen LogP contribution is 2.61. The van der Waals surface area contributed by atoms with Gasteiger partial charge in [-0.25, -0.2) is 0 Å². The molecule has 1 aromatic rings. The van der Waals surface area contributed by atoms with Crippen LogP contribution in [0.15, 0.2) is 41.3 Å². The van der Waals surface area contributed by atoms with E-state index in [1.165, 1.54) is 14.2 Å². The van der Waals surface area contributed by atoms with Crippen LogP contribution < -0.4 is 0 Å². The molecule has 4 aliphatic rings. The van der Waals surface area contributed by atoms with Crippen LogP contribution in [0.3, 0.4) is 0 Å². The number of fused-ring (bicyclic) bond motifs is 1. The topological polar surface area (TPSA) is 139 Å². The Morgan fingerprint density at radius 2 is 1.55 bits per heavy atom. The lowest BCUT2D eigenvalue weighted by Crippen LogP contribution is -2.63. The van der Waals surface area contributed by atoms with Crippen LogP contribution in [0.4, 0.5) is 5.69 Å². The molecule has 5 rings (SSSR count). The molecule has 7 atom stereocenters. The fourth-order valence-corrected chi connectivity index (χ4v) is 6.41. The molecular formula is C20H21NO9S. The van der Waals surface area contributed by atoms with Crippen molar-refractivity contribution in [2.75, 3.05) is 14.2 Å². The van der Waals surface area contributed by atoms with Crippen molar-refractivity contribution in [3.8, 4) is 0 Å². The third kappa shape index (κ3) is 3.41. The van der Waals surface area contributed by atoms with Gasteiger partial charge in [-0.1, -0.05) is 12.2 Å². The molecule has 10 nitrogen and oxygen atoms in total. The Hall–Kier alpha value is -2.79. The molecular weight excluding hydrogens is 430 g/mol. The summed E-state index contributed by atoms with van der Waals surface area (Å²) >= 11 is 0. The van der Waals surface area contributed by atoms with E-state index in [9.17, 15) is 28.1 Å². The van der Waals surface area contributed by atoms with Gasteiger partial charge in [-0.2, -0.15) is 8.42 Å². The molecule has 0 aromatic heterocycles. The molecule has 0 amide bonds. The van der Waals surface area contributed by atoms with Crippen molar-refractivity contribution in [1.82, 2.24) is 0 Å². The van der Waals surface area contributed by atoms with Gasteiger partial charge >= 0.3 is 11.9 Å². The zero-order valence-corrected chi connectivity index (χ0v) is 17.6. The van der Waals surface area contributed by atoms with Crippen LogP contribution in [0.2, 0.25) is 0 Å². The van der Waals surface area contributed by atoms with Crippen LogP contribution in [-0.2, 0) is 33.4 Å². The summed E-state index contributed by atoms with van der Waals surface area (Å²) in [5, 5.41) is 10.8. The molecule has 4 aliphatic carbocycles. The molecule has 11 heteroatoms. The number of nitro benzene ring substituents is 1. The smallest absolute Gasteiger partial charge is 0.310 e. The van der Waals surface area contributed by atoms with Gasteiger partial charge in [0.15, 0.2) is 0 Å². The Bertz CT molecular complexity index is 1050. The summed E-state index contributed by atoms with van der Waals surface area (Å²) in [4.78, 5) is 34.9. The van der Waals surface area contributed by atoms with Crippen molar-refractivity contribution in [2.24, 2.45) is 35.5 Å². The van der Waals surface area contributed by atoms with Crippen LogP contribution in [0.25, 0.3) is 0 Å². The Morgan fingerprint density at radius 1 is 1.00 bits per heavy atom. The van der Waals surface area contributed by atoms with E-state index >= 15 is 0 Å². The summed E-state index contributed by atoms with van der Waals surface area (Å²) in [5.74, 6) is -3.47. The van der Waals surface area contributed by atoms with Gasteiger partial charge in [0, 0.05) is 12.1 Å². The third-order valence-corrected chi connectivity index (χ3v) is 8.02. The van der Waals surface area contributed by atoms with E-state index in [-0.39, 0.29) is 28.3 Å². The molecule has 0 N–H and O–H groups in total. The first-order valence-electron chi connectivity index (χ1n) is 9.71. The van der Waals surface area contributed by atoms with Crippen molar-refractivity contribution in [3.63, 3.8) is 0 Å². The normalized spacial score (nSPS) is 33.2. The lowest BCUT2D eigenvalue weighted by molar-refractivity contribution is -0.384. The number of esters is 2. The lowest BCUT2D eigenvalue weighted by Gasteiger charge is -2.59. The number of carbonyl (C=O) groups is 2. The van der Waals surface area contributed by atoms with Crippen LogP contribution in [-0.4, -0.2) is 45.6 Å². The Balaban J connectivity index is 1.57. The third-order valence-electron chi connectivity index (χ3n) is 6.67. The fourth-order valence-electron chi connectivity index (χ4n) is 5.30. The number of nitrogens with zero attached hydrogens (tertiary/aromatic N) is 1. The van der Waals surface area contributed by atoms with Gasteiger partial charge in [0.2, 0.25) is 0 Å². The highest BCUT2D eigenvalue weighted by Gasteiger charge is 2.64. The van der Waals surface area contributed by atoms with E-state index in [1.54, 1.807) is 0 Å². The van der Waals surface area contributed by atoms with Crippen LogP contribution in [0.5, 0.6) is 0 Å². The van der Waals surface area contributed by atoms with Crippen LogP contribution >= 0.6 is 0 Å². The first kappa shape index (κ1) is 21.4. The highest BCUT2D eigenvalue weighted by atomic mass is 32.2. The Labute approximate surface area is 178 Å². The average molecular weight is 451 g/mol. The second-order valence-corrected chi connectivity index (χ2v) is 9.53. The summed E-state index contributed by atoms with van der Waals surface area (Å²) in [7, 11) is -1.65. The number of methoxy groups -OCH3 is 2.